The normalized spacial score (nSPS) is 10.6. The Hall–Kier alpha value is -1.50. The number of aliphatic hydroxyl groups excluding tert-OH is 1. The summed E-state index contributed by atoms with van der Waals surface area (Å²) in [6.07, 6.45) is 3.58. The van der Waals surface area contributed by atoms with Gasteiger partial charge in [-0.1, -0.05) is 57.3 Å². The summed E-state index contributed by atoms with van der Waals surface area (Å²) in [6.45, 7) is 0.652. The van der Waals surface area contributed by atoms with Crippen LogP contribution < -0.4 is 5.73 Å². The van der Waals surface area contributed by atoms with Gasteiger partial charge in [0.15, 0.2) is 0 Å². The van der Waals surface area contributed by atoms with E-state index in [1.54, 1.807) is 6.33 Å². The molecule has 0 saturated heterocycles. The number of nitrogens with zero attached hydrogens (tertiary/aromatic N) is 4. The Kier molecular flexibility index (Phi) is 9.35. The van der Waals surface area contributed by atoms with Crippen molar-refractivity contribution in [2.45, 2.75) is 13.2 Å². The lowest BCUT2D eigenvalue weighted by atomic mass is 10.2. The molecule has 8 heteroatoms. The summed E-state index contributed by atoms with van der Waals surface area (Å²) in [6, 6.07) is 11.9. The molecule has 2 aromatic heterocycles. The number of fused-ring (bicyclic) bond motifs is 2. The second kappa shape index (κ2) is 11.5. The minimum atomic E-state index is 0.0759. The number of aryl methyl sites for hydroxylation is 2. The number of hydrogen-bond acceptors (Lipinski definition) is 4. The van der Waals surface area contributed by atoms with Crippen LogP contribution in [-0.2, 0) is 27.2 Å². The maximum absolute atomic E-state index is 8.87. The van der Waals surface area contributed by atoms with E-state index in [0.717, 1.165) is 33.2 Å². The maximum Gasteiger partial charge on any atom is 0.0955 e. The zero-order valence-electron chi connectivity index (χ0n) is 15.8. The van der Waals surface area contributed by atoms with Crippen molar-refractivity contribution in [3.63, 3.8) is 0 Å². The predicted molar refractivity (Wildman–Crippen MR) is 132 cm³/mol. The molecule has 0 bridgehead atoms. The van der Waals surface area contributed by atoms with E-state index in [1.807, 2.05) is 74.1 Å². The second-order valence-electron chi connectivity index (χ2n) is 5.97. The van der Waals surface area contributed by atoms with E-state index < -0.39 is 0 Å². The maximum atomic E-state index is 8.87. The van der Waals surface area contributed by atoms with E-state index in [2.05, 4.69) is 55.1 Å². The fraction of sp³-hybridized carbons (Fsp3) is 0.200. The standard InChI is InChI=1S/C9H11N3.C9H10N2O.C2H2I2/c1-12-6-11-8-4-7(5-10)2-3-9(8)12;1-11-6-10-8-4-7(5-12)2-3-9(8)11;3-1-2-4/h2-4,6H,5,10H2,1H3;2-4,6,12H,5H2,1H3;1-2H/b;;2-1+. The van der Waals surface area contributed by atoms with Gasteiger partial charge in [0.05, 0.1) is 41.3 Å². The molecule has 4 rings (SSSR count). The minimum Gasteiger partial charge on any atom is -0.392 e. The first-order chi connectivity index (χ1) is 13.5. The van der Waals surface area contributed by atoms with Crippen molar-refractivity contribution in [1.82, 2.24) is 19.1 Å². The van der Waals surface area contributed by atoms with Crippen LogP contribution in [0.25, 0.3) is 22.1 Å². The van der Waals surface area contributed by atoms with Crippen LogP contribution in [0.2, 0.25) is 0 Å². The summed E-state index contributed by atoms with van der Waals surface area (Å²) in [5.74, 6) is 0. The van der Waals surface area contributed by atoms with Gasteiger partial charge < -0.3 is 20.0 Å². The fourth-order valence-electron chi connectivity index (χ4n) is 2.59. The summed E-state index contributed by atoms with van der Waals surface area (Å²) >= 11 is 4.33. The van der Waals surface area contributed by atoms with Gasteiger partial charge in [0.2, 0.25) is 0 Å². The topological polar surface area (TPSA) is 81.9 Å². The smallest absolute Gasteiger partial charge is 0.0955 e. The molecular weight excluding hydrogens is 580 g/mol. The van der Waals surface area contributed by atoms with Crippen LogP contribution in [-0.4, -0.2) is 24.2 Å². The van der Waals surface area contributed by atoms with Crippen LogP contribution in [0, 0.1) is 0 Å². The number of hydrogen-bond donors (Lipinski definition) is 2. The van der Waals surface area contributed by atoms with E-state index in [-0.39, 0.29) is 6.61 Å². The van der Waals surface area contributed by atoms with Crippen LogP contribution in [0.1, 0.15) is 11.1 Å². The molecule has 0 fully saturated rings. The van der Waals surface area contributed by atoms with E-state index in [0.29, 0.717) is 6.54 Å². The van der Waals surface area contributed by atoms with Crippen molar-refractivity contribution in [2.24, 2.45) is 19.8 Å². The van der Waals surface area contributed by atoms with Crippen molar-refractivity contribution in [3.8, 4) is 0 Å². The molecular formula is C20H23I2N5O. The summed E-state index contributed by atoms with van der Waals surface area (Å²) < 4.78 is 7.86. The Labute approximate surface area is 191 Å². The Balaban J connectivity index is 0.000000169. The fourth-order valence-corrected chi connectivity index (χ4v) is 2.59. The Morgan fingerprint density at radius 2 is 1.36 bits per heavy atom. The molecule has 28 heavy (non-hydrogen) atoms. The number of aromatic nitrogens is 4. The first-order valence-electron chi connectivity index (χ1n) is 8.50. The number of halogens is 2. The molecule has 0 aliphatic heterocycles. The first kappa shape index (κ1) is 22.8. The van der Waals surface area contributed by atoms with Gasteiger partial charge in [-0.2, -0.15) is 0 Å². The molecule has 2 heterocycles. The van der Waals surface area contributed by atoms with Crippen LogP contribution in [0.15, 0.2) is 57.2 Å². The van der Waals surface area contributed by atoms with E-state index in [1.165, 1.54) is 0 Å². The summed E-state index contributed by atoms with van der Waals surface area (Å²) in [5, 5.41) is 8.87. The highest BCUT2D eigenvalue weighted by Gasteiger charge is 2.00. The lowest BCUT2D eigenvalue weighted by Crippen LogP contribution is -1.95. The van der Waals surface area contributed by atoms with Crippen molar-refractivity contribution >= 4 is 67.2 Å². The highest BCUT2D eigenvalue weighted by Crippen LogP contribution is 2.14. The summed E-state index contributed by atoms with van der Waals surface area (Å²) in [4.78, 5) is 8.41. The Morgan fingerprint density at radius 3 is 1.79 bits per heavy atom. The highest BCUT2D eigenvalue weighted by atomic mass is 127. The lowest BCUT2D eigenvalue weighted by molar-refractivity contribution is 0.282. The molecule has 0 atom stereocenters. The average Bonchev–Trinajstić information content (AvgIpc) is 3.30. The number of nitrogens with two attached hydrogens (primary N) is 1. The van der Waals surface area contributed by atoms with Crippen molar-refractivity contribution < 1.29 is 5.11 Å². The first-order valence-corrected chi connectivity index (χ1v) is 11.0. The third kappa shape index (κ3) is 6.00. The molecule has 0 aliphatic rings. The molecule has 0 saturated carbocycles. The predicted octanol–water partition coefficient (Wildman–Crippen LogP) is 4.43. The van der Waals surface area contributed by atoms with E-state index in [9.17, 15) is 0 Å². The van der Waals surface area contributed by atoms with Crippen LogP contribution >= 0.6 is 45.2 Å². The molecule has 0 aliphatic carbocycles. The van der Waals surface area contributed by atoms with E-state index in [4.69, 9.17) is 10.8 Å². The van der Waals surface area contributed by atoms with Crippen LogP contribution in [0.4, 0.5) is 0 Å². The third-order valence-corrected chi connectivity index (χ3v) is 6.14. The van der Waals surface area contributed by atoms with Gasteiger partial charge in [-0.25, -0.2) is 9.97 Å². The van der Waals surface area contributed by atoms with Gasteiger partial charge >= 0.3 is 0 Å². The second-order valence-corrected chi connectivity index (χ2v) is 7.41. The van der Waals surface area contributed by atoms with Gasteiger partial charge in [-0.05, 0) is 43.6 Å². The number of imidazole rings is 2. The van der Waals surface area contributed by atoms with Crippen LogP contribution in [0.5, 0.6) is 0 Å². The molecule has 3 N–H and O–H groups in total. The quantitative estimate of drug-likeness (QED) is 0.333. The number of rotatable bonds is 2. The van der Waals surface area contributed by atoms with Crippen molar-refractivity contribution in [1.29, 1.82) is 0 Å². The van der Waals surface area contributed by atoms with Gasteiger partial charge in [0.1, 0.15) is 0 Å². The SMILES string of the molecule is Cn1cnc2cc(CN)ccc21.Cn1cnc2cc(CO)ccc21.I/C=C/I. The third-order valence-electron chi connectivity index (χ3n) is 4.05. The molecule has 2 aromatic carbocycles. The molecule has 0 unspecified atom stereocenters. The minimum absolute atomic E-state index is 0.0759. The lowest BCUT2D eigenvalue weighted by Gasteiger charge is -1.96. The molecule has 4 aromatic rings. The average molecular weight is 603 g/mol. The Morgan fingerprint density at radius 1 is 0.893 bits per heavy atom. The molecule has 0 radical (unpaired) electrons. The van der Waals surface area contributed by atoms with Gasteiger partial charge in [0, 0.05) is 20.6 Å². The van der Waals surface area contributed by atoms with Crippen LogP contribution in [0.3, 0.4) is 0 Å². The number of aliphatic hydroxyl groups is 1. The molecule has 0 amide bonds. The molecule has 0 spiro atoms. The highest BCUT2D eigenvalue weighted by molar-refractivity contribution is 14.1. The van der Waals surface area contributed by atoms with Gasteiger partial charge in [-0.15, -0.1) is 0 Å². The van der Waals surface area contributed by atoms with Crippen molar-refractivity contribution in [3.05, 3.63) is 68.3 Å². The van der Waals surface area contributed by atoms with Gasteiger partial charge in [-0.3, -0.25) is 0 Å². The monoisotopic (exact) mass is 603 g/mol. The largest absolute Gasteiger partial charge is 0.392 e. The summed E-state index contributed by atoms with van der Waals surface area (Å²) in [5.41, 5.74) is 11.7. The van der Waals surface area contributed by atoms with Crippen molar-refractivity contribution in [2.75, 3.05) is 0 Å². The molecule has 6 nitrogen and oxygen atoms in total. The zero-order chi connectivity index (χ0) is 20.5. The Bertz CT molecular complexity index is 971. The van der Waals surface area contributed by atoms with Gasteiger partial charge in [0.25, 0.3) is 0 Å². The zero-order valence-corrected chi connectivity index (χ0v) is 20.1. The number of benzene rings is 2. The van der Waals surface area contributed by atoms with E-state index >= 15 is 0 Å². The molecule has 148 valence electrons. The summed E-state index contributed by atoms with van der Waals surface area (Å²) in [7, 11) is 3.94.